The molecule has 2 N–H and O–H groups in total. The van der Waals surface area contributed by atoms with Crippen molar-refractivity contribution in [3.63, 3.8) is 0 Å². The van der Waals surface area contributed by atoms with Crippen LogP contribution in [0.25, 0.3) is 0 Å². The van der Waals surface area contributed by atoms with E-state index >= 15 is 0 Å². The molecule has 0 atom stereocenters. The number of carbonyl (C=O) groups excluding carboxylic acids is 1. The lowest BCUT2D eigenvalue weighted by molar-refractivity contribution is -0.136. The van der Waals surface area contributed by atoms with Gasteiger partial charge in [-0.25, -0.2) is 4.98 Å². The highest BCUT2D eigenvalue weighted by atomic mass is 79.9. The van der Waals surface area contributed by atoms with Gasteiger partial charge in [-0.05, 0) is 52.2 Å². The highest BCUT2D eigenvalue weighted by molar-refractivity contribution is 9.10. The number of nitrogens with one attached hydrogen (secondary N) is 1. The average molecular weight is 349 g/mol. The number of rotatable bonds is 5. The molecule has 0 fully saturated rings. The van der Waals surface area contributed by atoms with E-state index in [0.29, 0.717) is 22.3 Å². The summed E-state index contributed by atoms with van der Waals surface area (Å²) in [6, 6.07) is 10.6. The number of hydrogen-bond acceptors (Lipinski definition) is 3. The van der Waals surface area contributed by atoms with E-state index in [9.17, 15) is 9.59 Å². The third-order valence-corrected chi connectivity index (χ3v) is 3.43. The molecule has 1 aromatic carbocycles. The molecule has 21 heavy (non-hydrogen) atoms. The van der Waals surface area contributed by atoms with Crippen molar-refractivity contribution in [3.8, 4) is 0 Å². The number of carboxylic acids is 1. The van der Waals surface area contributed by atoms with E-state index in [0.717, 1.165) is 5.56 Å². The fraction of sp³-hybridized carbons (Fsp3) is 0.133. The lowest BCUT2D eigenvalue weighted by Crippen LogP contribution is -2.14. The summed E-state index contributed by atoms with van der Waals surface area (Å²) in [4.78, 5) is 26.7. The largest absolute Gasteiger partial charge is 0.481 e. The molecule has 0 aliphatic heterocycles. The van der Waals surface area contributed by atoms with Gasteiger partial charge >= 0.3 is 5.97 Å². The Hall–Kier alpha value is -2.21. The Bertz CT molecular complexity index is 673. The van der Waals surface area contributed by atoms with Crippen molar-refractivity contribution < 1.29 is 14.7 Å². The molecule has 0 radical (unpaired) electrons. The Labute approximate surface area is 130 Å². The smallest absolute Gasteiger partial charge is 0.303 e. The zero-order chi connectivity index (χ0) is 15.2. The number of aromatic nitrogens is 1. The third kappa shape index (κ3) is 4.39. The molecule has 1 amide bonds. The van der Waals surface area contributed by atoms with Crippen LogP contribution in [0.15, 0.2) is 47.1 Å². The fourth-order valence-corrected chi connectivity index (χ4v) is 2.23. The molecule has 0 saturated heterocycles. The van der Waals surface area contributed by atoms with E-state index < -0.39 is 5.97 Å². The first kappa shape index (κ1) is 15.2. The summed E-state index contributed by atoms with van der Waals surface area (Å²) < 4.78 is 0.615. The van der Waals surface area contributed by atoms with Crippen LogP contribution in [0.3, 0.4) is 0 Å². The summed E-state index contributed by atoms with van der Waals surface area (Å²) in [6.45, 7) is 0. The van der Waals surface area contributed by atoms with Crippen LogP contribution in [0.2, 0.25) is 0 Å². The number of halogens is 1. The van der Waals surface area contributed by atoms with Gasteiger partial charge in [0.1, 0.15) is 5.69 Å². The minimum absolute atomic E-state index is 0.0587. The van der Waals surface area contributed by atoms with Crippen LogP contribution in [-0.4, -0.2) is 22.0 Å². The van der Waals surface area contributed by atoms with E-state index in [1.165, 1.54) is 0 Å². The normalized spacial score (nSPS) is 10.1. The molecule has 0 bridgehead atoms. The molecule has 0 unspecified atom stereocenters. The summed E-state index contributed by atoms with van der Waals surface area (Å²) in [5.41, 5.74) is 1.77. The van der Waals surface area contributed by atoms with Gasteiger partial charge in [0.25, 0.3) is 5.91 Å². The molecule has 1 heterocycles. The third-order valence-electron chi connectivity index (χ3n) is 2.79. The molecular formula is C15H13BrN2O3. The predicted molar refractivity (Wildman–Crippen MR) is 82.3 cm³/mol. The standard InChI is InChI=1S/C15H13BrN2O3/c16-12-5-2-8-17-14(12)15(21)18-11-4-1-3-10(9-11)6-7-13(19)20/h1-5,8-9H,6-7H2,(H,18,21)(H,19,20). The van der Waals surface area contributed by atoms with Crippen molar-refractivity contribution in [1.29, 1.82) is 0 Å². The molecular weight excluding hydrogens is 336 g/mol. The summed E-state index contributed by atoms with van der Waals surface area (Å²) in [5.74, 6) is -1.17. The number of pyridine rings is 1. The number of carboxylic acid groups (broad SMARTS) is 1. The van der Waals surface area contributed by atoms with Crippen molar-refractivity contribution in [3.05, 3.63) is 58.3 Å². The van der Waals surface area contributed by atoms with Gasteiger partial charge < -0.3 is 10.4 Å². The fourth-order valence-electron chi connectivity index (χ4n) is 1.80. The van der Waals surface area contributed by atoms with Gasteiger partial charge in [0.05, 0.1) is 0 Å². The van der Waals surface area contributed by atoms with Crippen LogP contribution in [0, 0.1) is 0 Å². The molecule has 0 spiro atoms. The van der Waals surface area contributed by atoms with E-state index in [1.54, 1.807) is 36.5 Å². The molecule has 0 saturated carbocycles. The van der Waals surface area contributed by atoms with Crippen LogP contribution in [0.4, 0.5) is 5.69 Å². The number of anilines is 1. The Morgan fingerprint density at radius 1 is 1.24 bits per heavy atom. The highest BCUT2D eigenvalue weighted by Gasteiger charge is 2.11. The van der Waals surface area contributed by atoms with Crippen LogP contribution in [0.1, 0.15) is 22.5 Å². The number of hydrogen-bond donors (Lipinski definition) is 2. The van der Waals surface area contributed by atoms with E-state index in [4.69, 9.17) is 5.11 Å². The van der Waals surface area contributed by atoms with Gasteiger partial charge in [0.2, 0.25) is 0 Å². The van der Waals surface area contributed by atoms with Gasteiger partial charge in [-0.2, -0.15) is 0 Å². The van der Waals surface area contributed by atoms with Crippen molar-refractivity contribution in [2.45, 2.75) is 12.8 Å². The Morgan fingerprint density at radius 2 is 2.05 bits per heavy atom. The van der Waals surface area contributed by atoms with Gasteiger partial charge in [0.15, 0.2) is 0 Å². The monoisotopic (exact) mass is 348 g/mol. The quantitative estimate of drug-likeness (QED) is 0.869. The SMILES string of the molecule is O=C(O)CCc1cccc(NC(=O)c2ncccc2Br)c1. The van der Waals surface area contributed by atoms with Gasteiger partial charge in [-0.15, -0.1) is 0 Å². The predicted octanol–water partition coefficient (Wildman–Crippen LogP) is 3.11. The van der Waals surface area contributed by atoms with Crippen molar-refractivity contribution in [2.24, 2.45) is 0 Å². The lowest BCUT2D eigenvalue weighted by Gasteiger charge is -2.07. The maximum Gasteiger partial charge on any atom is 0.303 e. The minimum Gasteiger partial charge on any atom is -0.481 e. The van der Waals surface area contributed by atoms with E-state index in [1.807, 2.05) is 6.07 Å². The first-order valence-corrected chi connectivity index (χ1v) is 7.08. The summed E-state index contributed by atoms with van der Waals surface area (Å²) in [6.07, 6.45) is 2.03. The topological polar surface area (TPSA) is 79.3 Å². The van der Waals surface area contributed by atoms with Crippen molar-refractivity contribution in [1.82, 2.24) is 4.98 Å². The van der Waals surface area contributed by atoms with E-state index in [2.05, 4.69) is 26.2 Å². The van der Waals surface area contributed by atoms with E-state index in [-0.39, 0.29) is 12.3 Å². The summed E-state index contributed by atoms with van der Waals surface area (Å²) in [5, 5.41) is 11.4. The highest BCUT2D eigenvalue weighted by Crippen LogP contribution is 2.17. The number of aryl methyl sites for hydroxylation is 1. The second kappa shape index (κ2) is 6.99. The van der Waals surface area contributed by atoms with Crippen LogP contribution < -0.4 is 5.32 Å². The average Bonchev–Trinajstić information content (AvgIpc) is 2.46. The molecule has 1 aromatic heterocycles. The summed E-state index contributed by atoms with van der Waals surface area (Å²) in [7, 11) is 0. The number of aliphatic carboxylic acids is 1. The molecule has 0 aliphatic carbocycles. The zero-order valence-electron chi connectivity index (χ0n) is 11.0. The molecule has 5 nitrogen and oxygen atoms in total. The number of amides is 1. The van der Waals surface area contributed by atoms with Gasteiger partial charge in [0, 0.05) is 22.8 Å². The Balaban J connectivity index is 2.09. The Morgan fingerprint density at radius 3 is 2.76 bits per heavy atom. The zero-order valence-corrected chi connectivity index (χ0v) is 12.6. The molecule has 2 rings (SSSR count). The molecule has 0 aliphatic rings. The molecule has 108 valence electrons. The van der Waals surface area contributed by atoms with Crippen molar-refractivity contribution >= 4 is 33.5 Å². The second-order valence-corrected chi connectivity index (χ2v) is 5.24. The van der Waals surface area contributed by atoms with Crippen molar-refractivity contribution in [2.75, 3.05) is 5.32 Å². The van der Waals surface area contributed by atoms with Gasteiger partial charge in [-0.1, -0.05) is 12.1 Å². The molecule has 2 aromatic rings. The van der Waals surface area contributed by atoms with Crippen LogP contribution in [0.5, 0.6) is 0 Å². The number of nitrogens with zero attached hydrogens (tertiary/aromatic N) is 1. The Kier molecular flexibility index (Phi) is 5.05. The first-order valence-electron chi connectivity index (χ1n) is 6.29. The number of benzene rings is 1. The summed E-state index contributed by atoms with van der Waals surface area (Å²) >= 11 is 3.28. The first-order chi connectivity index (χ1) is 10.1. The maximum absolute atomic E-state index is 12.1. The minimum atomic E-state index is -0.846. The van der Waals surface area contributed by atoms with Crippen LogP contribution in [-0.2, 0) is 11.2 Å². The maximum atomic E-state index is 12.1. The van der Waals surface area contributed by atoms with Crippen LogP contribution >= 0.6 is 15.9 Å². The van der Waals surface area contributed by atoms with Gasteiger partial charge in [-0.3, -0.25) is 9.59 Å². The molecule has 6 heteroatoms. The number of carbonyl (C=O) groups is 2. The second-order valence-electron chi connectivity index (χ2n) is 4.38. The lowest BCUT2D eigenvalue weighted by atomic mass is 10.1.